The molecule has 0 radical (unpaired) electrons. The molecule has 164 valence electrons. The normalized spacial score (nSPS) is 14.9. The number of carbonyl (C=O) groups excluding carboxylic acids is 1. The summed E-state index contributed by atoms with van der Waals surface area (Å²) in [6.07, 6.45) is -0.484. The molecule has 1 aromatic heterocycles. The van der Waals surface area contributed by atoms with Crippen LogP contribution in [0.25, 0.3) is 5.69 Å². The Morgan fingerprint density at radius 2 is 1.77 bits per heavy atom. The first-order valence-corrected chi connectivity index (χ1v) is 10.3. The number of hydrogen-bond donors (Lipinski definition) is 0. The van der Waals surface area contributed by atoms with Gasteiger partial charge in [-0.25, -0.2) is 4.79 Å². The minimum atomic E-state index is -5.95. The summed E-state index contributed by atoms with van der Waals surface area (Å²) in [6, 6.07) is 7.99. The zero-order chi connectivity index (χ0) is 22.3. The molecule has 12 heteroatoms. The number of fused-ring (bicyclic) bond motifs is 1. The van der Waals surface area contributed by atoms with Crippen LogP contribution in [0.2, 0.25) is 0 Å². The van der Waals surface area contributed by atoms with Crippen molar-refractivity contribution in [1.82, 2.24) is 14.7 Å². The topological polar surface area (TPSA) is 90.7 Å². The summed E-state index contributed by atoms with van der Waals surface area (Å²) < 4.78 is 73.0. The van der Waals surface area contributed by atoms with Crippen molar-refractivity contribution < 1.29 is 35.3 Å². The van der Waals surface area contributed by atoms with E-state index < -0.39 is 33.2 Å². The van der Waals surface area contributed by atoms with Gasteiger partial charge in [-0.05, 0) is 32.9 Å². The Balaban J connectivity index is 2.04. The molecule has 1 aromatic carbocycles. The molecule has 1 aliphatic rings. The molecule has 1 aliphatic heterocycles. The van der Waals surface area contributed by atoms with E-state index >= 15 is 0 Å². The molecule has 0 fully saturated rings. The predicted molar refractivity (Wildman–Crippen MR) is 99.5 cm³/mol. The fourth-order valence-corrected chi connectivity index (χ4v) is 3.29. The Morgan fingerprint density at radius 3 is 2.33 bits per heavy atom. The van der Waals surface area contributed by atoms with Gasteiger partial charge < -0.3 is 13.8 Å². The molecule has 0 unspecified atom stereocenters. The molecular formula is C18H20F3N3O5S. The van der Waals surface area contributed by atoms with Crippen LogP contribution in [0.3, 0.4) is 0 Å². The smallest absolute Gasteiger partial charge is 0.444 e. The number of amides is 1. The van der Waals surface area contributed by atoms with Gasteiger partial charge in [-0.3, -0.25) is 0 Å². The summed E-state index contributed by atoms with van der Waals surface area (Å²) in [7, 11) is -5.95. The zero-order valence-electron chi connectivity index (χ0n) is 16.4. The number of halogens is 3. The van der Waals surface area contributed by atoms with E-state index in [9.17, 15) is 26.4 Å². The van der Waals surface area contributed by atoms with Crippen molar-refractivity contribution in [1.29, 1.82) is 0 Å². The van der Waals surface area contributed by atoms with Crippen molar-refractivity contribution in [3.05, 3.63) is 41.6 Å². The molecule has 1 amide bonds. The average Bonchev–Trinajstić information content (AvgIpc) is 2.97. The summed E-state index contributed by atoms with van der Waals surface area (Å²) in [6.45, 7) is 5.04. The third-order valence-electron chi connectivity index (χ3n) is 4.11. The highest BCUT2D eigenvalue weighted by Crippen LogP contribution is 2.35. The monoisotopic (exact) mass is 447 g/mol. The van der Waals surface area contributed by atoms with E-state index in [2.05, 4.69) is 9.28 Å². The summed E-state index contributed by atoms with van der Waals surface area (Å²) in [5.74, 6) is -0.609. The van der Waals surface area contributed by atoms with Gasteiger partial charge in [-0.15, -0.1) is 0 Å². The quantitative estimate of drug-likeness (QED) is 0.529. The van der Waals surface area contributed by atoms with E-state index in [1.807, 2.05) is 0 Å². The van der Waals surface area contributed by atoms with E-state index in [4.69, 9.17) is 4.74 Å². The van der Waals surface area contributed by atoms with Crippen LogP contribution in [0.4, 0.5) is 18.0 Å². The van der Waals surface area contributed by atoms with Crippen molar-refractivity contribution in [3.8, 4) is 11.6 Å². The Hall–Kier alpha value is -2.76. The van der Waals surface area contributed by atoms with E-state index in [0.29, 0.717) is 11.4 Å². The third kappa shape index (κ3) is 4.53. The Bertz CT molecular complexity index is 1040. The van der Waals surface area contributed by atoms with Gasteiger partial charge in [-0.2, -0.15) is 31.4 Å². The summed E-state index contributed by atoms with van der Waals surface area (Å²) in [5.41, 5.74) is -5.67. The molecule has 0 saturated heterocycles. The second-order valence-corrected chi connectivity index (χ2v) is 9.15. The maximum Gasteiger partial charge on any atom is 0.534 e. The predicted octanol–water partition coefficient (Wildman–Crippen LogP) is 3.39. The van der Waals surface area contributed by atoms with E-state index in [0.717, 1.165) is 4.68 Å². The highest BCUT2D eigenvalue weighted by molar-refractivity contribution is 7.88. The van der Waals surface area contributed by atoms with Crippen LogP contribution in [-0.2, 0) is 27.8 Å². The SMILES string of the molecule is CC(C)(C)OC(=O)N1CCc2nn(-c3ccccc3)c(OS(=O)(=O)C(F)(F)F)c2C1. The molecule has 3 rings (SSSR count). The van der Waals surface area contributed by atoms with Gasteiger partial charge >= 0.3 is 21.7 Å². The minimum absolute atomic E-state index is 0.0730. The summed E-state index contributed by atoms with van der Waals surface area (Å²) in [4.78, 5) is 13.7. The molecule has 30 heavy (non-hydrogen) atoms. The molecule has 2 heterocycles. The molecule has 2 aromatic rings. The van der Waals surface area contributed by atoms with Crippen LogP contribution in [0.1, 0.15) is 32.0 Å². The van der Waals surface area contributed by atoms with Crippen LogP contribution >= 0.6 is 0 Å². The Morgan fingerprint density at radius 1 is 1.13 bits per heavy atom. The van der Waals surface area contributed by atoms with Gasteiger partial charge in [-0.1, -0.05) is 18.2 Å². The number of hydrogen-bond acceptors (Lipinski definition) is 6. The van der Waals surface area contributed by atoms with Crippen LogP contribution in [0.5, 0.6) is 5.88 Å². The summed E-state index contributed by atoms with van der Waals surface area (Å²) in [5, 5.41) is 4.24. The average molecular weight is 447 g/mol. The number of benzene rings is 1. The molecular weight excluding hydrogens is 427 g/mol. The van der Waals surface area contributed by atoms with Gasteiger partial charge in [0, 0.05) is 13.0 Å². The number of para-hydroxylation sites is 1. The first-order valence-electron chi connectivity index (χ1n) is 8.93. The number of alkyl halides is 3. The first-order chi connectivity index (χ1) is 13.8. The lowest BCUT2D eigenvalue weighted by molar-refractivity contribution is -0.0502. The molecule has 0 bridgehead atoms. The maximum atomic E-state index is 13.0. The maximum absolute atomic E-state index is 13.0. The summed E-state index contributed by atoms with van der Waals surface area (Å²) >= 11 is 0. The van der Waals surface area contributed by atoms with Crippen molar-refractivity contribution >= 4 is 16.2 Å². The van der Waals surface area contributed by atoms with Gasteiger partial charge in [0.2, 0.25) is 5.88 Å². The van der Waals surface area contributed by atoms with Crippen LogP contribution in [0, 0.1) is 0 Å². The van der Waals surface area contributed by atoms with E-state index in [1.165, 1.54) is 17.0 Å². The minimum Gasteiger partial charge on any atom is -0.444 e. The second-order valence-electron chi connectivity index (χ2n) is 7.61. The van der Waals surface area contributed by atoms with Crippen LogP contribution in [-0.4, -0.2) is 46.8 Å². The largest absolute Gasteiger partial charge is 0.534 e. The molecule has 8 nitrogen and oxygen atoms in total. The third-order valence-corrected chi connectivity index (χ3v) is 5.06. The Labute approximate surface area is 171 Å². The van der Waals surface area contributed by atoms with Gasteiger partial charge in [0.15, 0.2) is 0 Å². The zero-order valence-corrected chi connectivity index (χ0v) is 17.2. The number of rotatable bonds is 3. The molecule has 0 spiro atoms. The lowest BCUT2D eigenvalue weighted by Crippen LogP contribution is -2.40. The molecule has 0 saturated carbocycles. The van der Waals surface area contributed by atoms with E-state index in [-0.39, 0.29) is 25.1 Å². The number of aromatic nitrogens is 2. The highest BCUT2D eigenvalue weighted by atomic mass is 32.2. The van der Waals surface area contributed by atoms with Crippen molar-refractivity contribution in [2.45, 2.75) is 44.8 Å². The first kappa shape index (κ1) is 21.9. The lowest BCUT2D eigenvalue weighted by Gasteiger charge is -2.29. The second kappa shape index (κ2) is 7.49. The highest BCUT2D eigenvalue weighted by Gasteiger charge is 2.50. The number of nitrogens with zero attached hydrogens (tertiary/aromatic N) is 3. The van der Waals surface area contributed by atoms with Crippen LogP contribution in [0.15, 0.2) is 30.3 Å². The standard InChI is InChI=1S/C18H20F3N3O5S/c1-17(2,3)28-16(25)23-10-9-14-13(11-23)15(29-30(26,27)18(19,20)21)24(22-14)12-7-5-4-6-8-12/h4-8H,9-11H2,1-3H3. The van der Waals surface area contributed by atoms with Crippen molar-refractivity contribution in [2.75, 3.05) is 6.54 Å². The van der Waals surface area contributed by atoms with Gasteiger partial charge in [0.25, 0.3) is 0 Å². The molecule has 0 atom stereocenters. The van der Waals surface area contributed by atoms with Gasteiger partial charge in [0.05, 0.1) is 23.5 Å². The molecule has 0 aliphatic carbocycles. The fraction of sp³-hybridized carbons (Fsp3) is 0.444. The van der Waals surface area contributed by atoms with Crippen molar-refractivity contribution in [3.63, 3.8) is 0 Å². The number of ether oxygens (including phenoxy) is 1. The van der Waals surface area contributed by atoms with Gasteiger partial charge in [0.1, 0.15) is 5.60 Å². The molecule has 0 N–H and O–H groups in total. The van der Waals surface area contributed by atoms with E-state index in [1.54, 1.807) is 39.0 Å². The number of carbonyl (C=O) groups is 1. The van der Waals surface area contributed by atoms with Crippen molar-refractivity contribution in [2.24, 2.45) is 0 Å². The Kier molecular flexibility index (Phi) is 5.48. The fourth-order valence-electron chi connectivity index (χ4n) is 2.81. The van der Waals surface area contributed by atoms with Crippen LogP contribution < -0.4 is 4.18 Å². The lowest BCUT2D eigenvalue weighted by atomic mass is 10.1.